The first-order chi connectivity index (χ1) is 5.29. The number of para-hydroxylation sites is 2. The quantitative estimate of drug-likeness (QED) is 0.408. The molecule has 0 spiro atoms. The standard InChI is InChI=1S/C8H10N2P/c1-9-6-10(11)8-5-3-2-4-7(8)9/h2-6H,11H2,1H3/q+1. The van der Waals surface area contributed by atoms with Crippen molar-refractivity contribution in [1.29, 1.82) is 0 Å². The Morgan fingerprint density at radius 3 is 2.82 bits per heavy atom. The molecule has 1 atom stereocenters. The van der Waals surface area contributed by atoms with Gasteiger partial charge in [0.25, 0.3) is 0 Å². The van der Waals surface area contributed by atoms with Crippen molar-refractivity contribution < 1.29 is 4.57 Å². The average Bonchev–Trinajstić information content (AvgIpc) is 2.30. The molecule has 11 heavy (non-hydrogen) atoms. The van der Waals surface area contributed by atoms with E-state index in [-0.39, 0.29) is 0 Å². The number of benzene rings is 1. The molecule has 0 saturated carbocycles. The van der Waals surface area contributed by atoms with Crippen LogP contribution < -0.4 is 4.57 Å². The van der Waals surface area contributed by atoms with E-state index in [9.17, 15) is 0 Å². The van der Waals surface area contributed by atoms with Crippen LogP contribution in [0.2, 0.25) is 0 Å². The second-order valence-electron chi connectivity index (χ2n) is 2.62. The minimum Gasteiger partial charge on any atom is -0.232 e. The van der Waals surface area contributed by atoms with E-state index in [0.29, 0.717) is 0 Å². The van der Waals surface area contributed by atoms with Crippen LogP contribution in [0.25, 0.3) is 11.0 Å². The molecule has 0 aliphatic heterocycles. The molecule has 0 bridgehead atoms. The molecular weight excluding hydrogens is 155 g/mol. The average molecular weight is 165 g/mol. The van der Waals surface area contributed by atoms with Gasteiger partial charge >= 0.3 is 0 Å². The molecule has 3 heteroatoms. The SMILES string of the molecule is C[n+]1cn(P)c2ccccc21. The Morgan fingerprint density at radius 1 is 1.36 bits per heavy atom. The van der Waals surface area contributed by atoms with Gasteiger partial charge in [0.15, 0.2) is 11.0 Å². The fourth-order valence-electron chi connectivity index (χ4n) is 1.29. The van der Waals surface area contributed by atoms with Crippen LogP contribution >= 0.6 is 9.39 Å². The highest BCUT2D eigenvalue weighted by Crippen LogP contribution is 2.11. The molecule has 1 unspecified atom stereocenters. The van der Waals surface area contributed by atoms with Crippen molar-refractivity contribution >= 4 is 20.4 Å². The van der Waals surface area contributed by atoms with Crippen LogP contribution in [0.3, 0.4) is 0 Å². The first-order valence-corrected chi connectivity index (χ1v) is 4.01. The van der Waals surface area contributed by atoms with Gasteiger partial charge < -0.3 is 0 Å². The van der Waals surface area contributed by atoms with E-state index in [0.717, 1.165) is 0 Å². The Kier molecular flexibility index (Phi) is 1.43. The third-order valence-electron chi connectivity index (χ3n) is 1.84. The van der Waals surface area contributed by atoms with Crippen LogP contribution in [0.15, 0.2) is 30.6 Å². The molecule has 2 nitrogen and oxygen atoms in total. The largest absolute Gasteiger partial charge is 0.246 e. The third-order valence-corrected chi connectivity index (χ3v) is 2.25. The number of aryl methyl sites for hydroxylation is 1. The van der Waals surface area contributed by atoms with Crippen LogP contribution in [0.5, 0.6) is 0 Å². The zero-order valence-corrected chi connectivity index (χ0v) is 7.51. The van der Waals surface area contributed by atoms with Gasteiger partial charge in [-0.2, -0.15) is 0 Å². The summed E-state index contributed by atoms with van der Waals surface area (Å²) in [5, 5.41) is 0. The van der Waals surface area contributed by atoms with E-state index in [2.05, 4.69) is 26.1 Å². The number of imidazole rings is 1. The van der Waals surface area contributed by atoms with Gasteiger partial charge in [0.05, 0.1) is 16.4 Å². The fourth-order valence-corrected chi connectivity index (χ4v) is 1.71. The highest BCUT2D eigenvalue weighted by atomic mass is 31.0. The second-order valence-corrected chi connectivity index (χ2v) is 3.18. The van der Waals surface area contributed by atoms with Crippen LogP contribution in [-0.4, -0.2) is 4.34 Å². The Labute approximate surface area is 67.7 Å². The molecule has 2 aromatic rings. The molecule has 0 saturated heterocycles. The molecule has 0 fully saturated rings. The number of aromatic nitrogens is 2. The molecule has 0 aliphatic carbocycles. The summed E-state index contributed by atoms with van der Waals surface area (Å²) < 4.78 is 4.14. The molecule has 0 amide bonds. The van der Waals surface area contributed by atoms with Gasteiger partial charge in [-0.15, -0.1) is 0 Å². The third kappa shape index (κ3) is 0.945. The lowest BCUT2D eigenvalue weighted by atomic mass is 10.3. The van der Waals surface area contributed by atoms with Crippen molar-refractivity contribution in [3.8, 4) is 0 Å². The summed E-state index contributed by atoms with van der Waals surface area (Å²) in [5.74, 6) is 0. The maximum absolute atomic E-state index is 2.66. The van der Waals surface area contributed by atoms with Crippen molar-refractivity contribution in [2.45, 2.75) is 0 Å². The lowest BCUT2D eigenvalue weighted by molar-refractivity contribution is -0.645. The van der Waals surface area contributed by atoms with Crippen molar-refractivity contribution in [2.75, 3.05) is 0 Å². The monoisotopic (exact) mass is 165 g/mol. The zero-order valence-electron chi connectivity index (χ0n) is 6.36. The minimum absolute atomic E-state index is 1.24. The highest BCUT2D eigenvalue weighted by Gasteiger charge is 2.06. The molecule has 1 aromatic carbocycles. The smallest absolute Gasteiger partial charge is 0.232 e. The molecular formula is C8H10N2P+. The zero-order chi connectivity index (χ0) is 7.84. The second kappa shape index (κ2) is 2.31. The van der Waals surface area contributed by atoms with E-state index in [1.807, 2.05) is 29.8 Å². The Balaban J connectivity index is 2.95. The van der Waals surface area contributed by atoms with Crippen molar-refractivity contribution in [2.24, 2.45) is 7.05 Å². The van der Waals surface area contributed by atoms with Crippen LogP contribution in [0.4, 0.5) is 0 Å². The van der Waals surface area contributed by atoms with E-state index < -0.39 is 0 Å². The first-order valence-electron chi connectivity index (χ1n) is 3.50. The van der Waals surface area contributed by atoms with E-state index in [4.69, 9.17) is 0 Å². The molecule has 0 radical (unpaired) electrons. The summed E-state index contributed by atoms with van der Waals surface area (Å²) in [7, 11) is 4.70. The van der Waals surface area contributed by atoms with Gasteiger partial charge in [0, 0.05) is 0 Å². The molecule has 0 aliphatic rings. The first kappa shape index (κ1) is 6.81. The topological polar surface area (TPSA) is 8.81 Å². The summed E-state index contributed by atoms with van der Waals surface area (Å²) >= 11 is 0. The lowest BCUT2D eigenvalue weighted by Gasteiger charge is -1.84. The van der Waals surface area contributed by atoms with E-state index >= 15 is 0 Å². The maximum Gasteiger partial charge on any atom is 0.246 e. The van der Waals surface area contributed by atoms with Crippen molar-refractivity contribution in [3.05, 3.63) is 30.6 Å². The van der Waals surface area contributed by atoms with E-state index in [1.54, 1.807) is 0 Å². The van der Waals surface area contributed by atoms with E-state index in [1.165, 1.54) is 11.0 Å². The number of fused-ring (bicyclic) bond motifs is 1. The Hall–Kier alpha value is -0.880. The van der Waals surface area contributed by atoms with Gasteiger partial charge in [-0.1, -0.05) is 12.1 Å². The summed E-state index contributed by atoms with van der Waals surface area (Å²) in [5.41, 5.74) is 2.49. The van der Waals surface area contributed by atoms with Crippen LogP contribution in [-0.2, 0) is 7.05 Å². The number of rotatable bonds is 0. The Bertz CT molecular complexity index is 356. The number of hydrogen-bond donors (Lipinski definition) is 0. The summed E-state index contributed by atoms with van der Waals surface area (Å²) in [6.45, 7) is 0. The van der Waals surface area contributed by atoms with Gasteiger partial charge in [0.1, 0.15) is 0 Å². The number of nitrogens with zero attached hydrogens (tertiary/aromatic N) is 2. The molecule has 56 valence electrons. The van der Waals surface area contributed by atoms with Crippen molar-refractivity contribution in [1.82, 2.24) is 4.34 Å². The summed E-state index contributed by atoms with van der Waals surface area (Å²) in [4.78, 5) is 0. The molecule has 1 aromatic heterocycles. The van der Waals surface area contributed by atoms with Gasteiger partial charge in [-0.3, -0.25) is 0 Å². The van der Waals surface area contributed by atoms with Crippen LogP contribution in [0.1, 0.15) is 0 Å². The lowest BCUT2D eigenvalue weighted by Crippen LogP contribution is -2.24. The van der Waals surface area contributed by atoms with Crippen molar-refractivity contribution in [3.63, 3.8) is 0 Å². The molecule has 0 N–H and O–H groups in total. The maximum atomic E-state index is 2.66. The van der Waals surface area contributed by atoms with Gasteiger partial charge in [-0.05, 0) is 12.1 Å². The molecule has 1 heterocycles. The predicted molar refractivity (Wildman–Crippen MR) is 48.2 cm³/mol. The predicted octanol–water partition coefficient (Wildman–Crippen LogP) is 1.10. The summed E-state index contributed by atoms with van der Waals surface area (Å²) in [6.07, 6.45) is 2.04. The highest BCUT2D eigenvalue weighted by molar-refractivity contribution is 7.14. The summed E-state index contributed by atoms with van der Waals surface area (Å²) in [6, 6.07) is 8.30. The van der Waals surface area contributed by atoms with Crippen LogP contribution in [0, 0.1) is 0 Å². The minimum atomic E-state index is 1.24. The Morgan fingerprint density at radius 2 is 2.09 bits per heavy atom. The fraction of sp³-hybridized carbons (Fsp3) is 0.125. The normalized spacial score (nSPS) is 10.7. The number of hydrogen-bond acceptors (Lipinski definition) is 0. The van der Waals surface area contributed by atoms with Gasteiger partial charge in [-0.25, -0.2) is 8.90 Å². The molecule has 2 rings (SSSR count). The van der Waals surface area contributed by atoms with Gasteiger partial charge in [0.2, 0.25) is 6.33 Å².